The van der Waals surface area contributed by atoms with Gasteiger partial charge in [-0.2, -0.15) is 0 Å². The van der Waals surface area contributed by atoms with Gasteiger partial charge in [-0.1, -0.05) is 215 Å². The summed E-state index contributed by atoms with van der Waals surface area (Å²) in [6, 6.07) is 80.3. The molecule has 4 aliphatic rings. The molecule has 10 aromatic rings. The van der Waals surface area contributed by atoms with E-state index in [1.807, 2.05) is 36.4 Å². The van der Waals surface area contributed by atoms with Gasteiger partial charge in [-0.25, -0.2) is 0 Å². The quantitative estimate of drug-likeness (QED) is 0.176. The lowest BCUT2D eigenvalue weighted by molar-refractivity contribution is 0.436. The summed E-state index contributed by atoms with van der Waals surface area (Å²) in [4.78, 5) is 0. The lowest BCUT2D eigenvalue weighted by atomic mass is 9.66. The van der Waals surface area contributed by atoms with Crippen molar-refractivity contribution in [3.05, 3.63) is 301 Å². The van der Waals surface area contributed by atoms with E-state index in [0.717, 1.165) is 44.5 Å². The largest absolute Gasteiger partial charge is 0.457 e. The van der Waals surface area contributed by atoms with Crippen molar-refractivity contribution in [2.24, 2.45) is 0 Å². The summed E-state index contributed by atoms with van der Waals surface area (Å²) in [5.41, 5.74) is 22.8. The lowest BCUT2D eigenvalue weighted by Crippen LogP contribution is -2.32. The second-order valence-electron chi connectivity index (χ2n) is 17.6. The first-order valence-corrected chi connectivity index (χ1v) is 24.5. The number of fused-ring (bicyclic) bond motifs is 18. The molecule has 2 aliphatic carbocycles. The van der Waals surface area contributed by atoms with Gasteiger partial charge >= 0.3 is 0 Å². The minimum Gasteiger partial charge on any atom is -0.457 e. The van der Waals surface area contributed by atoms with E-state index in [0.29, 0.717) is 10.7 Å². The van der Waals surface area contributed by atoms with Crippen LogP contribution >= 0.6 is 39.1 Å². The van der Waals surface area contributed by atoms with Crippen LogP contribution in [-0.2, 0) is 17.3 Å². The van der Waals surface area contributed by atoms with E-state index >= 15 is 0 Å². The van der Waals surface area contributed by atoms with Crippen molar-refractivity contribution < 1.29 is 9.47 Å². The Hall–Kier alpha value is -7.34. The summed E-state index contributed by atoms with van der Waals surface area (Å²) in [6.45, 7) is 0. The van der Waals surface area contributed by atoms with Crippen LogP contribution < -0.4 is 15.2 Å². The summed E-state index contributed by atoms with van der Waals surface area (Å²) in [5, 5.41) is 1.43. The highest BCUT2D eigenvalue weighted by atomic mass is 79.9. The highest BCUT2D eigenvalue weighted by Gasteiger charge is 2.52. The zero-order valence-electron chi connectivity index (χ0n) is 37.2. The number of ether oxygens (including phenoxy) is 2. The fourth-order valence-electron chi connectivity index (χ4n) is 11.2. The number of nitrogens with two attached hydrogens (primary N) is 1. The summed E-state index contributed by atoms with van der Waals surface area (Å²) in [7, 11) is 0. The average molecular weight is 996 g/mol. The third kappa shape index (κ3) is 6.84. The Balaban J connectivity index is 0.000000125. The molecule has 0 aromatic heterocycles. The Bertz CT molecular complexity index is 3530. The highest BCUT2D eigenvalue weighted by molar-refractivity contribution is 9.10. The standard InChI is InChI=1S/C32H21ClO.C25H15BrO.C6H6ClN/c33-29-14-6-1-9-22(29)19-21-17-18-24-23-10-2-3-11-25(23)32(28(24)20-21)26-12-4-7-15-30(26)34-31-16-8-5-13-27(31)32;26-16-13-14-18-17-7-1-2-8-19(17)25(22(18)15-16)20-9-3-5-11-23(20)27-24-12-6-4-10-21(24)25;7-5-3-1-2-4-6(5)8/h1-18,20H,19H2;1-15H;1-4H,8H2. The maximum Gasteiger partial charge on any atom is 0.132 e. The molecule has 0 fully saturated rings. The predicted molar refractivity (Wildman–Crippen MR) is 285 cm³/mol. The van der Waals surface area contributed by atoms with E-state index in [1.54, 1.807) is 12.1 Å². The van der Waals surface area contributed by atoms with Crippen LogP contribution in [0.3, 0.4) is 0 Å². The van der Waals surface area contributed by atoms with Gasteiger partial charge in [0.25, 0.3) is 0 Å². The summed E-state index contributed by atoms with van der Waals surface area (Å²) in [6.07, 6.45) is 0.791. The number of hydrogen-bond acceptors (Lipinski definition) is 3. The van der Waals surface area contributed by atoms with Gasteiger partial charge in [0, 0.05) is 31.7 Å². The third-order valence-electron chi connectivity index (χ3n) is 14.0. The number of rotatable bonds is 2. The molecule has 0 saturated carbocycles. The van der Waals surface area contributed by atoms with E-state index in [9.17, 15) is 0 Å². The Morgan fingerprint density at radius 3 is 1.20 bits per heavy atom. The molecule has 6 heteroatoms. The van der Waals surface area contributed by atoms with Crippen LogP contribution in [0.5, 0.6) is 23.0 Å². The van der Waals surface area contributed by atoms with Crippen LogP contribution in [0.15, 0.2) is 235 Å². The normalized spacial score (nSPS) is 13.7. The second kappa shape index (κ2) is 17.3. The molecule has 2 N–H and O–H groups in total. The Kier molecular flexibility index (Phi) is 10.8. The van der Waals surface area contributed by atoms with E-state index in [-0.39, 0.29) is 5.41 Å². The molecule has 0 atom stereocenters. The average Bonchev–Trinajstić information content (AvgIpc) is 3.83. The summed E-state index contributed by atoms with van der Waals surface area (Å²) < 4.78 is 13.8. The molecule has 2 aliphatic heterocycles. The molecule has 0 unspecified atom stereocenters. The smallest absolute Gasteiger partial charge is 0.132 e. The lowest BCUT2D eigenvalue weighted by Gasteiger charge is -2.39. The Morgan fingerprint density at radius 2 is 0.739 bits per heavy atom. The number of anilines is 1. The van der Waals surface area contributed by atoms with Gasteiger partial charge in [0.05, 0.1) is 21.5 Å². The molecule has 2 heterocycles. The van der Waals surface area contributed by atoms with E-state index in [2.05, 4.69) is 198 Å². The van der Waals surface area contributed by atoms with Crippen molar-refractivity contribution in [3.63, 3.8) is 0 Å². The van der Waals surface area contributed by atoms with Gasteiger partial charge in [-0.15, -0.1) is 0 Å². The number of para-hydroxylation sites is 5. The van der Waals surface area contributed by atoms with Crippen LogP contribution in [0.1, 0.15) is 55.6 Å². The monoisotopic (exact) mass is 993 g/mol. The molecule has 14 rings (SSSR count). The molecule has 332 valence electrons. The first-order valence-electron chi connectivity index (χ1n) is 23.0. The summed E-state index contributed by atoms with van der Waals surface area (Å²) >= 11 is 15.8. The molecule has 3 nitrogen and oxygen atoms in total. The predicted octanol–water partition coefficient (Wildman–Crippen LogP) is 17.2. The summed E-state index contributed by atoms with van der Waals surface area (Å²) in [5.74, 6) is 3.69. The fraction of sp³-hybridized carbons (Fsp3) is 0.0476. The van der Waals surface area contributed by atoms with Crippen LogP contribution in [0.2, 0.25) is 10.0 Å². The van der Waals surface area contributed by atoms with Gasteiger partial charge in [0.2, 0.25) is 0 Å². The minimum absolute atomic E-state index is 0.360. The fourth-order valence-corrected chi connectivity index (χ4v) is 11.9. The van der Waals surface area contributed by atoms with E-state index in [4.69, 9.17) is 38.4 Å². The van der Waals surface area contributed by atoms with Crippen LogP contribution in [0.4, 0.5) is 5.69 Å². The minimum atomic E-state index is -0.423. The number of halogens is 3. The maximum absolute atomic E-state index is 6.52. The van der Waals surface area contributed by atoms with Gasteiger partial charge in [0.1, 0.15) is 23.0 Å². The highest BCUT2D eigenvalue weighted by Crippen LogP contribution is 2.64. The molecule has 2 spiro atoms. The topological polar surface area (TPSA) is 44.5 Å². The van der Waals surface area contributed by atoms with Gasteiger partial charge in [-0.3, -0.25) is 0 Å². The molecular weight excluding hydrogens is 954 g/mol. The molecule has 0 bridgehead atoms. The Morgan fingerprint density at radius 1 is 0.362 bits per heavy atom. The first-order chi connectivity index (χ1) is 33.9. The third-order valence-corrected chi connectivity index (χ3v) is 15.2. The van der Waals surface area contributed by atoms with Crippen molar-refractivity contribution in [2.45, 2.75) is 17.3 Å². The van der Waals surface area contributed by atoms with Crippen LogP contribution in [0, 0.1) is 0 Å². The Labute approximate surface area is 420 Å². The van der Waals surface area contributed by atoms with Crippen molar-refractivity contribution >= 4 is 44.8 Å². The number of hydrogen-bond donors (Lipinski definition) is 1. The molecule has 0 radical (unpaired) electrons. The van der Waals surface area contributed by atoms with Gasteiger partial charge in [0.15, 0.2) is 0 Å². The van der Waals surface area contributed by atoms with Crippen molar-refractivity contribution in [1.29, 1.82) is 0 Å². The zero-order chi connectivity index (χ0) is 46.7. The van der Waals surface area contributed by atoms with E-state index in [1.165, 1.54) is 72.3 Å². The maximum atomic E-state index is 6.52. The zero-order valence-corrected chi connectivity index (χ0v) is 40.3. The number of nitrogen functional groups attached to an aromatic ring is 1. The van der Waals surface area contributed by atoms with Gasteiger partial charge in [-0.05, 0) is 117 Å². The van der Waals surface area contributed by atoms with Crippen LogP contribution in [0.25, 0.3) is 22.3 Å². The molecule has 0 saturated heterocycles. The van der Waals surface area contributed by atoms with Crippen molar-refractivity contribution in [3.8, 4) is 45.3 Å². The van der Waals surface area contributed by atoms with Crippen molar-refractivity contribution in [1.82, 2.24) is 0 Å². The van der Waals surface area contributed by atoms with Crippen molar-refractivity contribution in [2.75, 3.05) is 5.73 Å². The first kappa shape index (κ1) is 43.0. The molecular formula is C63H42BrCl2NO2. The molecule has 10 aromatic carbocycles. The molecule has 69 heavy (non-hydrogen) atoms. The number of benzene rings is 10. The molecule has 0 amide bonds. The second-order valence-corrected chi connectivity index (χ2v) is 19.4. The van der Waals surface area contributed by atoms with Gasteiger partial charge < -0.3 is 15.2 Å². The van der Waals surface area contributed by atoms with E-state index < -0.39 is 5.41 Å². The SMILES string of the molecule is Brc1ccc2c(c1)C1(c3ccccc3Oc3ccccc31)c1ccccc1-2.Clc1ccccc1Cc1ccc2c(c1)C1(c3ccccc3Oc3ccccc31)c1ccccc1-2.Nc1ccccc1Cl. The van der Waals surface area contributed by atoms with Crippen LogP contribution in [-0.4, -0.2) is 0 Å².